The molecule has 3 rings (SSSR count). The molecule has 1 saturated carbocycles. The molecule has 2 aliphatic carbocycles. The molecule has 1 aromatic rings. The van der Waals surface area contributed by atoms with Gasteiger partial charge in [0.15, 0.2) is 0 Å². The van der Waals surface area contributed by atoms with Gasteiger partial charge in [-0.15, -0.1) is 0 Å². The molecule has 2 N–H and O–H groups in total. The number of fused-ring (bicyclic) bond motifs is 2. The summed E-state index contributed by atoms with van der Waals surface area (Å²) in [6.45, 7) is 3.34. The molecule has 0 aromatic carbocycles. The van der Waals surface area contributed by atoms with E-state index in [0.717, 1.165) is 24.3 Å². The molecule has 3 nitrogen and oxygen atoms in total. The topological polar surface area (TPSA) is 40.7 Å². The zero-order valence-electron chi connectivity index (χ0n) is 9.69. The first kappa shape index (κ1) is 10.1. The van der Waals surface area contributed by atoms with Crippen LogP contribution in [0.2, 0.25) is 0 Å². The molecule has 0 radical (unpaired) electrons. The van der Waals surface area contributed by atoms with Crippen LogP contribution in [0.4, 0.5) is 0 Å². The lowest BCUT2D eigenvalue weighted by molar-refractivity contribution is 0.393. The van der Waals surface area contributed by atoms with Crippen LogP contribution in [0.3, 0.4) is 0 Å². The summed E-state index contributed by atoms with van der Waals surface area (Å²) in [7, 11) is 0. The molecule has 1 heterocycles. The number of hydrogen-bond acceptors (Lipinski definition) is 2. The Hall–Kier alpha value is -1.09. The molecule has 1 aromatic heterocycles. The second kappa shape index (κ2) is 4.06. The highest BCUT2D eigenvalue weighted by Gasteiger charge is 2.35. The maximum absolute atomic E-state index is 3.99. The van der Waals surface area contributed by atoms with Crippen LogP contribution in [0.5, 0.6) is 0 Å². The molecule has 3 heteroatoms. The van der Waals surface area contributed by atoms with Gasteiger partial charge in [0.05, 0.1) is 6.20 Å². The summed E-state index contributed by atoms with van der Waals surface area (Å²) in [6.07, 6.45) is 11.5. The van der Waals surface area contributed by atoms with Gasteiger partial charge in [-0.3, -0.25) is 5.10 Å². The van der Waals surface area contributed by atoms with Gasteiger partial charge in [-0.2, -0.15) is 5.10 Å². The number of aromatic amines is 1. The average molecular weight is 217 g/mol. The number of rotatable bonds is 4. The van der Waals surface area contributed by atoms with E-state index in [1.54, 1.807) is 0 Å². The third-order valence-corrected chi connectivity index (χ3v) is 4.12. The zero-order valence-corrected chi connectivity index (χ0v) is 9.69. The Labute approximate surface area is 96.3 Å². The summed E-state index contributed by atoms with van der Waals surface area (Å²) in [5, 5.41) is 10.5. The Bertz CT molecular complexity index is 369. The smallest absolute Gasteiger partial charge is 0.0534 e. The number of H-pyrrole nitrogens is 1. The second-order valence-corrected chi connectivity index (χ2v) is 5.20. The maximum Gasteiger partial charge on any atom is 0.0534 e. The van der Waals surface area contributed by atoms with Crippen molar-refractivity contribution in [3.8, 4) is 0 Å². The normalized spacial score (nSPS) is 33.4. The number of aromatic nitrogens is 2. The Balaban J connectivity index is 1.52. The van der Waals surface area contributed by atoms with Crippen LogP contribution in [0.15, 0.2) is 24.5 Å². The Morgan fingerprint density at radius 2 is 2.44 bits per heavy atom. The van der Waals surface area contributed by atoms with Gasteiger partial charge >= 0.3 is 0 Å². The molecule has 1 fully saturated rings. The lowest BCUT2D eigenvalue weighted by atomic mass is 9.93. The van der Waals surface area contributed by atoms with Gasteiger partial charge in [-0.05, 0) is 44.1 Å². The van der Waals surface area contributed by atoms with Crippen molar-refractivity contribution < 1.29 is 0 Å². The monoisotopic (exact) mass is 217 g/mol. The van der Waals surface area contributed by atoms with Crippen molar-refractivity contribution in [2.45, 2.75) is 25.8 Å². The van der Waals surface area contributed by atoms with Crippen LogP contribution in [0.1, 0.15) is 31.4 Å². The molecular formula is C13H19N3. The highest BCUT2D eigenvalue weighted by molar-refractivity contribution is 5.11. The minimum atomic E-state index is 0.404. The van der Waals surface area contributed by atoms with Crippen molar-refractivity contribution in [1.29, 1.82) is 0 Å². The van der Waals surface area contributed by atoms with Crippen molar-refractivity contribution in [1.82, 2.24) is 15.5 Å². The number of nitrogens with zero attached hydrogens (tertiary/aromatic N) is 1. The van der Waals surface area contributed by atoms with E-state index in [1.807, 2.05) is 12.4 Å². The van der Waals surface area contributed by atoms with Crippen molar-refractivity contribution >= 4 is 0 Å². The van der Waals surface area contributed by atoms with Crippen molar-refractivity contribution in [3.63, 3.8) is 0 Å². The first-order valence-corrected chi connectivity index (χ1v) is 6.23. The predicted octanol–water partition coefficient (Wildman–Crippen LogP) is 2.27. The summed E-state index contributed by atoms with van der Waals surface area (Å²) in [5.74, 6) is 2.57. The van der Waals surface area contributed by atoms with Gasteiger partial charge in [0.2, 0.25) is 0 Å². The van der Waals surface area contributed by atoms with Crippen LogP contribution in [-0.2, 0) is 0 Å². The highest BCUT2D eigenvalue weighted by Crippen LogP contribution is 2.43. The fourth-order valence-corrected chi connectivity index (χ4v) is 3.07. The van der Waals surface area contributed by atoms with Crippen LogP contribution < -0.4 is 5.32 Å². The first-order valence-electron chi connectivity index (χ1n) is 6.23. The zero-order chi connectivity index (χ0) is 11.0. The molecular weight excluding hydrogens is 198 g/mol. The molecule has 0 spiro atoms. The molecule has 16 heavy (non-hydrogen) atoms. The van der Waals surface area contributed by atoms with Gasteiger partial charge in [-0.1, -0.05) is 12.2 Å². The first-order chi connectivity index (χ1) is 7.83. The summed E-state index contributed by atoms with van der Waals surface area (Å²) in [5.41, 5.74) is 1.25. The van der Waals surface area contributed by atoms with E-state index in [0.29, 0.717) is 6.04 Å². The van der Waals surface area contributed by atoms with Crippen molar-refractivity contribution in [2.75, 3.05) is 6.54 Å². The fourth-order valence-electron chi connectivity index (χ4n) is 3.07. The fraction of sp³-hybridized carbons (Fsp3) is 0.615. The largest absolute Gasteiger partial charge is 0.310 e. The molecule has 4 unspecified atom stereocenters. The van der Waals surface area contributed by atoms with Crippen LogP contribution >= 0.6 is 0 Å². The van der Waals surface area contributed by atoms with Gasteiger partial charge in [0.1, 0.15) is 0 Å². The van der Waals surface area contributed by atoms with E-state index in [4.69, 9.17) is 0 Å². The van der Waals surface area contributed by atoms with E-state index in [1.165, 1.54) is 18.4 Å². The minimum absolute atomic E-state index is 0.404. The third kappa shape index (κ3) is 1.80. The Morgan fingerprint density at radius 1 is 1.50 bits per heavy atom. The van der Waals surface area contributed by atoms with E-state index < -0.39 is 0 Å². The lowest BCUT2D eigenvalue weighted by Crippen LogP contribution is -2.27. The van der Waals surface area contributed by atoms with Crippen LogP contribution in [-0.4, -0.2) is 16.7 Å². The molecule has 0 aliphatic heterocycles. The minimum Gasteiger partial charge on any atom is -0.310 e. The van der Waals surface area contributed by atoms with Crippen LogP contribution in [0.25, 0.3) is 0 Å². The maximum atomic E-state index is 3.99. The highest BCUT2D eigenvalue weighted by atomic mass is 15.1. The predicted molar refractivity (Wildman–Crippen MR) is 63.8 cm³/mol. The molecule has 2 bridgehead atoms. The van der Waals surface area contributed by atoms with E-state index in [2.05, 4.69) is 34.6 Å². The molecule has 4 atom stereocenters. The van der Waals surface area contributed by atoms with E-state index in [-0.39, 0.29) is 0 Å². The van der Waals surface area contributed by atoms with E-state index in [9.17, 15) is 0 Å². The Kier molecular flexibility index (Phi) is 2.56. The van der Waals surface area contributed by atoms with Crippen LogP contribution in [0, 0.1) is 17.8 Å². The average Bonchev–Trinajstić information content (AvgIpc) is 3.01. The van der Waals surface area contributed by atoms with Crippen molar-refractivity contribution in [2.24, 2.45) is 17.8 Å². The standard InChI is InChI=1S/C13H19N3/c1-9(13-7-15-16-8-13)14-6-12-5-10-2-3-11(12)4-10/h2-3,7-12,14H,4-6H2,1H3,(H,15,16). The molecule has 86 valence electrons. The van der Waals surface area contributed by atoms with Crippen molar-refractivity contribution in [3.05, 3.63) is 30.1 Å². The molecule has 2 aliphatic rings. The SMILES string of the molecule is CC(NCC1CC2C=CC1C2)c1cn[nH]c1. The molecule has 0 amide bonds. The van der Waals surface area contributed by atoms with Gasteiger partial charge in [-0.25, -0.2) is 0 Å². The second-order valence-electron chi connectivity index (χ2n) is 5.20. The number of nitrogens with one attached hydrogen (secondary N) is 2. The van der Waals surface area contributed by atoms with Gasteiger partial charge in [0.25, 0.3) is 0 Å². The van der Waals surface area contributed by atoms with Gasteiger partial charge < -0.3 is 5.32 Å². The summed E-state index contributed by atoms with van der Waals surface area (Å²) in [6, 6.07) is 0.404. The number of allylic oxidation sites excluding steroid dienone is 2. The van der Waals surface area contributed by atoms with E-state index >= 15 is 0 Å². The third-order valence-electron chi connectivity index (χ3n) is 4.12. The molecule has 0 saturated heterocycles. The quantitative estimate of drug-likeness (QED) is 0.760. The lowest BCUT2D eigenvalue weighted by Gasteiger charge is -2.21. The Morgan fingerprint density at radius 3 is 3.06 bits per heavy atom. The summed E-state index contributed by atoms with van der Waals surface area (Å²) in [4.78, 5) is 0. The summed E-state index contributed by atoms with van der Waals surface area (Å²) >= 11 is 0. The summed E-state index contributed by atoms with van der Waals surface area (Å²) < 4.78 is 0. The van der Waals surface area contributed by atoms with Gasteiger partial charge in [0, 0.05) is 17.8 Å². The number of hydrogen-bond donors (Lipinski definition) is 2.